The van der Waals surface area contributed by atoms with Gasteiger partial charge in [-0.25, -0.2) is 0 Å². The van der Waals surface area contributed by atoms with Crippen LogP contribution in [0.2, 0.25) is 0 Å². The van der Waals surface area contributed by atoms with Crippen molar-refractivity contribution in [3.05, 3.63) is 63.0 Å². The number of thioether (sulfide) groups is 1. The lowest BCUT2D eigenvalue weighted by Crippen LogP contribution is -2.27. The number of hydrogen-bond donors (Lipinski definition) is 2. The molecule has 1 amide bonds. The molecule has 1 aliphatic rings. The number of anilines is 1. The van der Waals surface area contributed by atoms with Crippen molar-refractivity contribution >= 4 is 51.7 Å². The van der Waals surface area contributed by atoms with E-state index in [1.807, 2.05) is 0 Å². The van der Waals surface area contributed by atoms with Crippen molar-refractivity contribution < 1.29 is 19.9 Å². The number of aromatic hydroxyl groups is 2. The highest BCUT2D eigenvalue weighted by Crippen LogP contribution is 2.37. The van der Waals surface area contributed by atoms with Crippen LogP contribution in [0.3, 0.4) is 0 Å². The van der Waals surface area contributed by atoms with Crippen molar-refractivity contribution in [3.63, 3.8) is 0 Å². The summed E-state index contributed by atoms with van der Waals surface area (Å²) < 4.78 is 0.299. The number of non-ortho nitro benzene ring substituents is 1. The number of phenols is 2. The summed E-state index contributed by atoms with van der Waals surface area (Å²) in [6, 6.07) is 9.71. The largest absolute Gasteiger partial charge is 0.504 e. The highest BCUT2D eigenvalue weighted by Gasteiger charge is 2.33. The van der Waals surface area contributed by atoms with Crippen molar-refractivity contribution in [1.82, 2.24) is 0 Å². The van der Waals surface area contributed by atoms with Gasteiger partial charge in [0.15, 0.2) is 15.8 Å². The minimum atomic E-state index is -0.523. The SMILES string of the molecule is O=C1/C(=C\c2ccc(O)c(O)c2)SC(=S)N1c1ccc([N+](=O)[O-])cc1. The Balaban J connectivity index is 1.90. The van der Waals surface area contributed by atoms with Gasteiger partial charge in [-0.1, -0.05) is 30.0 Å². The summed E-state index contributed by atoms with van der Waals surface area (Å²) in [7, 11) is 0. The first-order chi connectivity index (χ1) is 11.9. The molecule has 7 nitrogen and oxygen atoms in total. The fourth-order valence-electron chi connectivity index (χ4n) is 2.20. The molecule has 0 unspecified atom stereocenters. The summed E-state index contributed by atoms with van der Waals surface area (Å²) in [5, 5.41) is 29.6. The third kappa shape index (κ3) is 3.32. The van der Waals surface area contributed by atoms with Gasteiger partial charge < -0.3 is 10.2 Å². The Morgan fingerprint density at radius 3 is 2.40 bits per heavy atom. The number of phenolic OH excluding ortho intramolecular Hbond substituents is 2. The highest BCUT2D eigenvalue weighted by atomic mass is 32.2. The number of amides is 1. The van der Waals surface area contributed by atoms with E-state index in [9.17, 15) is 25.1 Å². The van der Waals surface area contributed by atoms with Crippen LogP contribution >= 0.6 is 24.0 Å². The maximum atomic E-state index is 12.6. The number of rotatable bonds is 3. The number of nitro benzene ring substituents is 1. The van der Waals surface area contributed by atoms with Crippen molar-refractivity contribution in [3.8, 4) is 11.5 Å². The molecule has 2 aromatic rings. The van der Waals surface area contributed by atoms with E-state index in [1.54, 1.807) is 12.1 Å². The van der Waals surface area contributed by atoms with E-state index < -0.39 is 4.92 Å². The zero-order chi connectivity index (χ0) is 18.1. The van der Waals surface area contributed by atoms with Crippen LogP contribution in [0, 0.1) is 10.1 Å². The molecule has 126 valence electrons. The zero-order valence-electron chi connectivity index (χ0n) is 12.4. The van der Waals surface area contributed by atoms with E-state index in [0.717, 1.165) is 11.8 Å². The van der Waals surface area contributed by atoms with Crippen LogP contribution in [-0.4, -0.2) is 25.4 Å². The molecule has 1 heterocycles. The number of nitro groups is 1. The minimum Gasteiger partial charge on any atom is -0.504 e. The van der Waals surface area contributed by atoms with E-state index in [-0.39, 0.29) is 23.1 Å². The van der Waals surface area contributed by atoms with Crippen molar-refractivity contribution in [2.45, 2.75) is 0 Å². The normalized spacial score (nSPS) is 15.8. The molecule has 0 radical (unpaired) electrons. The Morgan fingerprint density at radius 1 is 1.12 bits per heavy atom. The summed E-state index contributed by atoms with van der Waals surface area (Å²) in [5.41, 5.74) is 0.883. The first-order valence-electron chi connectivity index (χ1n) is 6.91. The van der Waals surface area contributed by atoms with E-state index in [4.69, 9.17) is 12.2 Å². The van der Waals surface area contributed by atoms with E-state index >= 15 is 0 Å². The molecule has 0 aromatic heterocycles. The van der Waals surface area contributed by atoms with Crippen LogP contribution in [0.15, 0.2) is 47.4 Å². The molecular weight excluding hydrogens is 364 g/mol. The predicted octanol–water partition coefficient (Wildman–Crippen LogP) is 3.41. The van der Waals surface area contributed by atoms with E-state index in [1.165, 1.54) is 41.3 Å². The molecule has 3 rings (SSSR count). The number of carbonyl (C=O) groups excluding carboxylic acids is 1. The molecule has 0 atom stereocenters. The predicted molar refractivity (Wildman–Crippen MR) is 98.5 cm³/mol. The second-order valence-corrected chi connectivity index (χ2v) is 6.71. The van der Waals surface area contributed by atoms with Gasteiger partial charge in [0.25, 0.3) is 11.6 Å². The number of carbonyl (C=O) groups is 1. The molecule has 2 aromatic carbocycles. The molecule has 0 aliphatic carbocycles. The van der Waals surface area contributed by atoms with Crippen LogP contribution < -0.4 is 4.90 Å². The number of benzene rings is 2. The van der Waals surface area contributed by atoms with E-state index in [0.29, 0.717) is 20.5 Å². The average molecular weight is 374 g/mol. The van der Waals surface area contributed by atoms with Gasteiger partial charge in [0.05, 0.1) is 15.5 Å². The minimum absolute atomic E-state index is 0.0794. The lowest BCUT2D eigenvalue weighted by molar-refractivity contribution is -0.384. The molecule has 2 N–H and O–H groups in total. The first-order valence-corrected chi connectivity index (χ1v) is 8.13. The summed E-state index contributed by atoms with van der Waals surface area (Å²) in [6.45, 7) is 0. The molecule has 0 spiro atoms. The van der Waals surface area contributed by atoms with Crippen molar-refractivity contribution in [1.29, 1.82) is 0 Å². The number of nitrogens with zero attached hydrogens (tertiary/aromatic N) is 2. The monoisotopic (exact) mass is 374 g/mol. The van der Waals surface area contributed by atoms with Gasteiger partial charge in [-0.3, -0.25) is 19.8 Å². The zero-order valence-corrected chi connectivity index (χ0v) is 14.1. The van der Waals surface area contributed by atoms with Gasteiger partial charge in [-0.15, -0.1) is 0 Å². The summed E-state index contributed by atoms with van der Waals surface area (Å²) in [4.78, 5) is 24.4. The molecular formula is C16H10N2O5S2. The van der Waals surface area contributed by atoms with Crippen molar-refractivity contribution in [2.75, 3.05) is 4.90 Å². The topological polar surface area (TPSA) is 104 Å². The smallest absolute Gasteiger partial charge is 0.270 e. The summed E-state index contributed by atoms with van der Waals surface area (Å²) in [5.74, 6) is -0.911. The Hall–Kier alpha value is -2.91. The average Bonchev–Trinajstić information content (AvgIpc) is 2.85. The fraction of sp³-hybridized carbons (Fsp3) is 0. The fourth-order valence-corrected chi connectivity index (χ4v) is 3.49. The van der Waals surface area contributed by atoms with Gasteiger partial charge in [-0.2, -0.15) is 0 Å². The van der Waals surface area contributed by atoms with Gasteiger partial charge in [0.1, 0.15) is 0 Å². The first kappa shape index (κ1) is 16.9. The van der Waals surface area contributed by atoms with Crippen LogP contribution in [0.1, 0.15) is 5.56 Å². The highest BCUT2D eigenvalue weighted by molar-refractivity contribution is 8.27. The standard InChI is InChI=1S/C16H10N2O5S2/c19-12-6-1-9(7-13(12)20)8-14-15(21)17(16(24)25-14)10-2-4-11(5-3-10)18(22)23/h1-8,19-20H/b14-8+. The third-order valence-electron chi connectivity index (χ3n) is 3.41. The van der Waals surface area contributed by atoms with Gasteiger partial charge in [-0.05, 0) is 35.9 Å². The van der Waals surface area contributed by atoms with Crippen LogP contribution in [0.25, 0.3) is 6.08 Å². The number of thiocarbonyl (C=S) groups is 1. The van der Waals surface area contributed by atoms with Gasteiger partial charge in [0, 0.05) is 12.1 Å². The number of hydrogen-bond acceptors (Lipinski definition) is 7. The molecule has 1 fully saturated rings. The molecule has 25 heavy (non-hydrogen) atoms. The Bertz CT molecular complexity index is 925. The van der Waals surface area contributed by atoms with E-state index in [2.05, 4.69) is 0 Å². The summed E-state index contributed by atoms with van der Waals surface area (Å²) >= 11 is 6.31. The third-order valence-corrected chi connectivity index (χ3v) is 4.71. The van der Waals surface area contributed by atoms with Crippen molar-refractivity contribution in [2.24, 2.45) is 0 Å². The van der Waals surface area contributed by atoms with Gasteiger partial charge in [0.2, 0.25) is 0 Å². The summed E-state index contributed by atoms with van der Waals surface area (Å²) in [6.07, 6.45) is 1.55. The Morgan fingerprint density at radius 2 is 1.80 bits per heavy atom. The maximum absolute atomic E-state index is 12.6. The van der Waals surface area contributed by atoms with Crippen LogP contribution in [0.5, 0.6) is 11.5 Å². The van der Waals surface area contributed by atoms with Crippen LogP contribution in [-0.2, 0) is 4.79 Å². The molecule has 1 saturated heterocycles. The molecule has 0 saturated carbocycles. The van der Waals surface area contributed by atoms with Crippen LogP contribution in [0.4, 0.5) is 11.4 Å². The van der Waals surface area contributed by atoms with Gasteiger partial charge >= 0.3 is 0 Å². The maximum Gasteiger partial charge on any atom is 0.270 e. The Kier molecular flexibility index (Phi) is 4.43. The second-order valence-electron chi connectivity index (χ2n) is 5.04. The lowest BCUT2D eigenvalue weighted by atomic mass is 10.2. The molecule has 0 bridgehead atoms. The lowest BCUT2D eigenvalue weighted by Gasteiger charge is -2.13. The molecule has 1 aliphatic heterocycles. The second kappa shape index (κ2) is 6.54. The Labute approximate surface area is 151 Å². The quantitative estimate of drug-likeness (QED) is 0.279. The molecule has 9 heteroatoms.